The third kappa shape index (κ3) is 3.41. The number of nitrogens with zero attached hydrogens (tertiary/aromatic N) is 1. The van der Waals surface area contributed by atoms with Crippen LogP contribution in [-0.2, 0) is 15.9 Å². The van der Waals surface area contributed by atoms with Crippen molar-refractivity contribution < 1.29 is 13.2 Å². The average molecular weight is 306 g/mol. The van der Waals surface area contributed by atoms with E-state index < -0.39 is 10.0 Å². The van der Waals surface area contributed by atoms with Crippen molar-refractivity contribution in [2.75, 3.05) is 14.2 Å². The fourth-order valence-electron chi connectivity index (χ4n) is 1.66. The molecule has 0 saturated carbocycles. The van der Waals surface area contributed by atoms with Crippen LogP contribution in [0.1, 0.15) is 25.8 Å². The first-order valence-electron chi connectivity index (χ1n) is 6.09. The molecule has 0 saturated heterocycles. The summed E-state index contributed by atoms with van der Waals surface area (Å²) in [4.78, 5) is 0.173. The van der Waals surface area contributed by atoms with Gasteiger partial charge >= 0.3 is 0 Å². The maximum Gasteiger partial charge on any atom is 0.246 e. The van der Waals surface area contributed by atoms with Crippen molar-refractivity contribution in [1.82, 2.24) is 4.31 Å². The third-order valence-corrected chi connectivity index (χ3v) is 5.57. The van der Waals surface area contributed by atoms with Crippen molar-refractivity contribution in [2.45, 2.75) is 37.1 Å². The van der Waals surface area contributed by atoms with Gasteiger partial charge in [-0.15, -0.1) is 11.6 Å². The zero-order valence-electron chi connectivity index (χ0n) is 11.7. The van der Waals surface area contributed by atoms with Crippen molar-refractivity contribution in [2.24, 2.45) is 0 Å². The summed E-state index contributed by atoms with van der Waals surface area (Å²) in [5, 5.41) is 0. The Labute approximate surface area is 120 Å². The highest BCUT2D eigenvalue weighted by Crippen LogP contribution is 2.29. The molecule has 0 aliphatic heterocycles. The van der Waals surface area contributed by atoms with Gasteiger partial charge in [-0.3, -0.25) is 0 Å². The van der Waals surface area contributed by atoms with Crippen LogP contribution in [0.2, 0.25) is 0 Å². The molecule has 1 aromatic carbocycles. The first-order valence-corrected chi connectivity index (χ1v) is 8.06. The van der Waals surface area contributed by atoms with E-state index in [4.69, 9.17) is 16.3 Å². The quantitative estimate of drug-likeness (QED) is 0.759. The molecule has 0 spiro atoms. The van der Waals surface area contributed by atoms with Gasteiger partial charge in [-0.05, 0) is 31.0 Å². The van der Waals surface area contributed by atoms with Gasteiger partial charge < -0.3 is 4.74 Å². The number of methoxy groups -OCH3 is 1. The SMILES string of the molecule is CCC(C)N(C)S(=O)(=O)c1ccc(CCl)cc1OC. The van der Waals surface area contributed by atoms with Crippen molar-refractivity contribution >= 4 is 21.6 Å². The van der Waals surface area contributed by atoms with Crippen molar-refractivity contribution in [3.05, 3.63) is 23.8 Å². The Balaban J connectivity index is 3.28. The van der Waals surface area contributed by atoms with Crippen molar-refractivity contribution in [1.29, 1.82) is 0 Å². The van der Waals surface area contributed by atoms with E-state index in [2.05, 4.69) is 0 Å². The number of benzene rings is 1. The number of sulfonamides is 1. The molecule has 0 heterocycles. The highest BCUT2D eigenvalue weighted by Gasteiger charge is 2.27. The van der Waals surface area contributed by atoms with Gasteiger partial charge in [-0.2, -0.15) is 4.31 Å². The van der Waals surface area contributed by atoms with Crippen LogP contribution in [0, 0.1) is 0 Å². The largest absolute Gasteiger partial charge is 0.495 e. The Bertz CT molecular complexity index is 531. The fraction of sp³-hybridized carbons (Fsp3) is 0.538. The number of rotatable bonds is 6. The van der Waals surface area contributed by atoms with E-state index in [1.807, 2.05) is 13.8 Å². The number of hydrogen-bond donors (Lipinski definition) is 0. The highest BCUT2D eigenvalue weighted by molar-refractivity contribution is 7.89. The van der Waals surface area contributed by atoms with Crippen LogP contribution in [-0.4, -0.2) is 32.9 Å². The van der Waals surface area contributed by atoms with E-state index in [0.29, 0.717) is 11.6 Å². The Morgan fingerprint density at radius 3 is 2.53 bits per heavy atom. The molecule has 0 fully saturated rings. The molecule has 1 aromatic rings. The molecule has 0 aliphatic rings. The van der Waals surface area contributed by atoms with Gasteiger partial charge in [0.15, 0.2) is 0 Å². The molecule has 108 valence electrons. The fourth-order valence-corrected chi connectivity index (χ4v) is 3.39. The van der Waals surface area contributed by atoms with Crippen LogP contribution in [0.5, 0.6) is 5.75 Å². The van der Waals surface area contributed by atoms with Crippen LogP contribution < -0.4 is 4.74 Å². The zero-order valence-corrected chi connectivity index (χ0v) is 13.3. The minimum Gasteiger partial charge on any atom is -0.495 e. The van der Waals surface area contributed by atoms with Gasteiger partial charge in [0, 0.05) is 19.0 Å². The summed E-state index contributed by atoms with van der Waals surface area (Å²) < 4.78 is 31.6. The van der Waals surface area contributed by atoms with Crippen molar-refractivity contribution in [3.63, 3.8) is 0 Å². The van der Waals surface area contributed by atoms with Gasteiger partial charge in [0.05, 0.1) is 7.11 Å². The Morgan fingerprint density at radius 1 is 1.42 bits per heavy atom. The molecule has 1 atom stereocenters. The van der Waals surface area contributed by atoms with Gasteiger partial charge in [0.1, 0.15) is 10.6 Å². The van der Waals surface area contributed by atoms with Gasteiger partial charge in [0.2, 0.25) is 10.0 Å². The molecular formula is C13H20ClNO3S. The lowest BCUT2D eigenvalue weighted by molar-refractivity contribution is 0.371. The highest BCUT2D eigenvalue weighted by atomic mass is 35.5. The summed E-state index contributed by atoms with van der Waals surface area (Å²) in [6.07, 6.45) is 0.748. The molecule has 1 unspecified atom stereocenters. The van der Waals surface area contributed by atoms with Crippen LogP contribution in [0.25, 0.3) is 0 Å². The smallest absolute Gasteiger partial charge is 0.246 e. The summed E-state index contributed by atoms with van der Waals surface area (Å²) >= 11 is 5.74. The van der Waals surface area contributed by atoms with E-state index in [9.17, 15) is 8.42 Å². The first-order chi connectivity index (χ1) is 8.88. The maximum absolute atomic E-state index is 12.5. The number of alkyl halides is 1. The van der Waals surface area contributed by atoms with Crippen molar-refractivity contribution in [3.8, 4) is 5.75 Å². The molecule has 19 heavy (non-hydrogen) atoms. The Morgan fingerprint density at radius 2 is 2.05 bits per heavy atom. The predicted molar refractivity (Wildman–Crippen MR) is 77.3 cm³/mol. The number of hydrogen-bond acceptors (Lipinski definition) is 3. The average Bonchev–Trinajstić information content (AvgIpc) is 2.44. The van der Waals surface area contributed by atoms with Gasteiger partial charge in [-0.25, -0.2) is 8.42 Å². The topological polar surface area (TPSA) is 46.6 Å². The summed E-state index contributed by atoms with van der Waals surface area (Å²) in [6.45, 7) is 3.82. The lowest BCUT2D eigenvalue weighted by Gasteiger charge is -2.24. The second-order valence-electron chi connectivity index (χ2n) is 4.40. The van der Waals surface area contributed by atoms with E-state index in [1.165, 1.54) is 11.4 Å². The van der Waals surface area contributed by atoms with Gasteiger partial charge in [0.25, 0.3) is 0 Å². The normalized spacial score (nSPS) is 13.6. The minimum atomic E-state index is -3.55. The van der Waals surface area contributed by atoms with E-state index in [-0.39, 0.29) is 10.9 Å². The lowest BCUT2D eigenvalue weighted by atomic mass is 10.2. The lowest BCUT2D eigenvalue weighted by Crippen LogP contribution is -2.34. The first kappa shape index (κ1) is 16.3. The second kappa shape index (κ2) is 6.59. The third-order valence-electron chi connectivity index (χ3n) is 3.25. The summed E-state index contributed by atoms with van der Waals surface area (Å²) in [5.41, 5.74) is 0.823. The standard InChI is InChI=1S/C13H20ClNO3S/c1-5-10(2)15(3)19(16,17)13-7-6-11(9-14)8-12(13)18-4/h6-8,10H,5,9H2,1-4H3. The molecular weight excluding hydrogens is 286 g/mol. The molecule has 6 heteroatoms. The van der Waals surface area contributed by atoms with E-state index >= 15 is 0 Å². The maximum atomic E-state index is 12.5. The second-order valence-corrected chi connectivity index (χ2v) is 6.63. The molecule has 4 nitrogen and oxygen atoms in total. The number of halogens is 1. The Hall–Kier alpha value is -0.780. The molecule has 0 aromatic heterocycles. The molecule has 0 radical (unpaired) electrons. The zero-order chi connectivity index (χ0) is 14.6. The van der Waals surface area contributed by atoms with E-state index in [0.717, 1.165) is 12.0 Å². The van der Waals surface area contributed by atoms with E-state index in [1.54, 1.807) is 25.2 Å². The molecule has 0 bridgehead atoms. The molecule has 0 N–H and O–H groups in total. The van der Waals surface area contributed by atoms with Crippen LogP contribution in [0.3, 0.4) is 0 Å². The van der Waals surface area contributed by atoms with Gasteiger partial charge in [-0.1, -0.05) is 13.0 Å². The molecule has 1 rings (SSSR count). The summed E-state index contributed by atoms with van der Waals surface area (Å²) in [7, 11) is -0.517. The van der Waals surface area contributed by atoms with Crippen LogP contribution >= 0.6 is 11.6 Å². The summed E-state index contributed by atoms with van der Waals surface area (Å²) in [6, 6.07) is 4.84. The predicted octanol–water partition coefficient (Wildman–Crippen LogP) is 2.85. The summed E-state index contributed by atoms with van der Waals surface area (Å²) in [5.74, 6) is 0.644. The Kier molecular flexibility index (Phi) is 5.64. The minimum absolute atomic E-state index is 0.0672. The number of ether oxygens (including phenoxy) is 1. The monoisotopic (exact) mass is 305 g/mol. The van der Waals surface area contributed by atoms with Crippen LogP contribution in [0.15, 0.2) is 23.1 Å². The molecule has 0 aliphatic carbocycles. The molecule has 0 amide bonds. The van der Waals surface area contributed by atoms with Crippen LogP contribution in [0.4, 0.5) is 0 Å².